The van der Waals surface area contributed by atoms with Gasteiger partial charge in [-0.1, -0.05) is 127 Å². The first-order valence-corrected chi connectivity index (χ1v) is 18.2. The first-order valence-electron chi connectivity index (χ1n) is 18.2. The van der Waals surface area contributed by atoms with Gasteiger partial charge in [0.15, 0.2) is 0 Å². The zero-order valence-electron chi connectivity index (χ0n) is 29.6. The average Bonchev–Trinajstić information content (AvgIpc) is 3.76. The molecule has 2 heterocycles. The number of aryl methyl sites for hydroxylation is 2. The molecule has 53 heavy (non-hydrogen) atoms. The first-order chi connectivity index (χ1) is 26.2. The Morgan fingerprint density at radius 3 is 1.83 bits per heavy atom. The molecule has 8 aromatic carbocycles. The molecule has 0 saturated heterocycles. The van der Waals surface area contributed by atoms with E-state index >= 15 is 0 Å². The normalized spacial score (nSPS) is 11.6. The standard InChI is InChI=1S/C50H36N2O/c1-33-16-6-11-23-43(33)51(36-28-29-37(34(2)32-36)35-17-4-3-5-18-35)47-31-30-41(50-49(47)42-22-10-15-27-48(42)53-50)40-21-9-14-26-46(40)52-44-24-12-7-19-38(44)39-20-8-13-25-45(39)52/h3-32H,1-2H3. The monoisotopic (exact) mass is 680 g/mol. The van der Waals surface area contributed by atoms with Crippen molar-refractivity contribution in [2.24, 2.45) is 0 Å². The van der Waals surface area contributed by atoms with Crippen molar-refractivity contribution in [3.63, 3.8) is 0 Å². The topological polar surface area (TPSA) is 21.3 Å². The predicted octanol–water partition coefficient (Wildman–Crippen LogP) is 14.1. The van der Waals surface area contributed by atoms with Gasteiger partial charge in [-0.05, 0) is 90.7 Å². The molecule has 3 nitrogen and oxygen atoms in total. The molecular formula is C50H36N2O. The fourth-order valence-electron chi connectivity index (χ4n) is 8.24. The highest BCUT2D eigenvalue weighted by Crippen LogP contribution is 2.48. The summed E-state index contributed by atoms with van der Waals surface area (Å²) in [6, 6.07) is 65.2. The first kappa shape index (κ1) is 30.9. The summed E-state index contributed by atoms with van der Waals surface area (Å²) in [5.41, 5.74) is 15.5. The molecule has 0 bridgehead atoms. The van der Waals surface area contributed by atoms with Gasteiger partial charge < -0.3 is 13.9 Å². The largest absolute Gasteiger partial charge is 0.455 e. The maximum atomic E-state index is 6.94. The molecule has 0 fully saturated rings. The lowest BCUT2D eigenvalue weighted by atomic mass is 9.97. The summed E-state index contributed by atoms with van der Waals surface area (Å²) in [4.78, 5) is 2.41. The number of fused-ring (bicyclic) bond motifs is 6. The fraction of sp³-hybridized carbons (Fsp3) is 0.0400. The van der Waals surface area contributed by atoms with Crippen LogP contribution in [0.15, 0.2) is 186 Å². The van der Waals surface area contributed by atoms with E-state index in [1.165, 1.54) is 44.1 Å². The zero-order valence-corrected chi connectivity index (χ0v) is 29.6. The van der Waals surface area contributed by atoms with Gasteiger partial charge in [-0.15, -0.1) is 0 Å². The number of nitrogens with zero attached hydrogens (tertiary/aromatic N) is 2. The molecule has 10 aromatic rings. The van der Waals surface area contributed by atoms with Crippen LogP contribution in [-0.4, -0.2) is 4.57 Å². The van der Waals surface area contributed by atoms with E-state index in [1.54, 1.807) is 0 Å². The zero-order chi connectivity index (χ0) is 35.5. The summed E-state index contributed by atoms with van der Waals surface area (Å²) >= 11 is 0. The van der Waals surface area contributed by atoms with Crippen molar-refractivity contribution < 1.29 is 4.42 Å². The van der Waals surface area contributed by atoms with E-state index in [0.717, 1.165) is 55.8 Å². The van der Waals surface area contributed by atoms with Crippen LogP contribution < -0.4 is 4.90 Å². The molecule has 0 amide bonds. The van der Waals surface area contributed by atoms with Crippen molar-refractivity contribution in [3.05, 3.63) is 193 Å². The molecule has 0 aliphatic carbocycles. The molecule has 0 aliphatic rings. The van der Waals surface area contributed by atoms with Gasteiger partial charge in [-0.25, -0.2) is 0 Å². The van der Waals surface area contributed by atoms with Crippen LogP contribution >= 0.6 is 0 Å². The number of rotatable bonds is 6. The molecule has 0 radical (unpaired) electrons. The van der Waals surface area contributed by atoms with Crippen molar-refractivity contribution in [3.8, 4) is 27.9 Å². The highest BCUT2D eigenvalue weighted by Gasteiger charge is 2.25. The molecule has 0 spiro atoms. The van der Waals surface area contributed by atoms with Gasteiger partial charge in [-0.2, -0.15) is 0 Å². The number of anilines is 3. The Labute approximate surface area is 308 Å². The maximum Gasteiger partial charge on any atom is 0.145 e. The van der Waals surface area contributed by atoms with Crippen molar-refractivity contribution in [1.29, 1.82) is 0 Å². The van der Waals surface area contributed by atoms with Gasteiger partial charge in [0.1, 0.15) is 11.2 Å². The molecule has 3 heteroatoms. The Bertz CT molecular complexity index is 2930. The lowest BCUT2D eigenvalue weighted by molar-refractivity contribution is 0.670. The van der Waals surface area contributed by atoms with Gasteiger partial charge in [0, 0.05) is 38.7 Å². The van der Waals surface area contributed by atoms with Crippen molar-refractivity contribution in [2.75, 3.05) is 4.90 Å². The number of hydrogen-bond acceptors (Lipinski definition) is 2. The van der Waals surface area contributed by atoms with E-state index < -0.39 is 0 Å². The molecule has 0 N–H and O–H groups in total. The van der Waals surface area contributed by atoms with E-state index in [-0.39, 0.29) is 0 Å². The third-order valence-electron chi connectivity index (χ3n) is 10.7. The van der Waals surface area contributed by atoms with Crippen molar-refractivity contribution >= 4 is 60.8 Å². The summed E-state index contributed by atoms with van der Waals surface area (Å²) in [5.74, 6) is 0. The van der Waals surface area contributed by atoms with Crippen LogP contribution in [0.2, 0.25) is 0 Å². The SMILES string of the molecule is Cc1cc(N(c2ccccc2C)c2ccc(-c3ccccc3-n3c4ccccc4c4ccccc43)c3oc4ccccc4c23)ccc1-c1ccccc1. The smallest absolute Gasteiger partial charge is 0.145 e. The predicted molar refractivity (Wildman–Crippen MR) is 223 cm³/mol. The summed E-state index contributed by atoms with van der Waals surface area (Å²) in [7, 11) is 0. The molecule has 0 saturated carbocycles. The molecule has 252 valence electrons. The third kappa shape index (κ3) is 4.97. The minimum atomic E-state index is 0.867. The van der Waals surface area contributed by atoms with Gasteiger partial charge in [0.05, 0.1) is 27.8 Å². The second-order valence-electron chi connectivity index (χ2n) is 13.8. The Morgan fingerprint density at radius 2 is 1.08 bits per heavy atom. The van der Waals surface area contributed by atoms with Crippen molar-refractivity contribution in [2.45, 2.75) is 13.8 Å². The second kappa shape index (κ2) is 12.4. The van der Waals surface area contributed by atoms with Crippen LogP contribution in [-0.2, 0) is 0 Å². The van der Waals surface area contributed by atoms with Gasteiger partial charge in [0.25, 0.3) is 0 Å². The fourth-order valence-corrected chi connectivity index (χ4v) is 8.24. The molecule has 10 rings (SSSR count). The number of para-hydroxylation sites is 5. The number of hydrogen-bond donors (Lipinski definition) is 0. The number of furan rings is 1. The highest BCUT2D eigenvalue weighted by atomic mass is 16.3. The van der Waals surface area contributed by atoms with E-state index in [2.05, 4.69) is 205 Å². The molecule has 0 atom stereocenters. The van der Waals surface area contributed by atoms with Crippen LogP contribution in [0, 0.1) is 13.8 Å². The van der Waals surface area contributed by atoms with Crippen LogP contribution in [0.5, 0.6) is 0 Å². The van der Waals surface area contributed by atoms with E-state index in [4.69, 9.17) is 4.42 Å². The van der Waals surface area contributed by atoms with Gasteiger partial charge in [-0.3, -0.25) is 0 Å². The Balaban J connectivity index is 1.24. The second-order valence-corrected chi connectivity index (χ2v) is 13.8. The summed E-state index contributed by atoms with van der Waals surface area (Å²) in [6.07, 6.45) is 0. The van der Waals surface area contributed by atoms with Crippen molar-refractivity contribution in [1.82, 2.24) is 4.57 Å². The van der Waals surface area contributed by atoms with E-state index in [1.807, 2.05) is 0 Å². The molecule has 0 aliphatic heterocycles. The highest BCUT2D eigenvalue weighted by molar-refractivity contribution is 6.18. The molecule has 2 aromatic heterocycles. The molecule has 0 unspecified atom stereocenters. The Hall–Kier alpha value is -6.84. The lowest BCUT2D eigenvalue weighted by Gasteiger charge is -2.29. The quantitative estimate of drug-likeness (QED) is 0.174. The van der Waals surface area contributed by atoms with E-state index in [9.17, 15) is 0 Å². The number of benzene rings is 8. The van der Waals surface area contributed by atoms with Gasteiger partial charge in [0.2, 0.25) is 0 Å². The minimum absolute atomic E-state index is 0.867. The Morgan fingerprint density at radius 1 is 0.453 bits per heavy atom. The van der Waals surface area contributed by atoms with Crippen LogP contribution in [0.25, 0.3) is 71.7 Å². The summed E-state index contributed by atoms with van der Waals surface area (Å²) in [6.45, 7) is 4.40. The Kier molecular flexibility index (Phi) is 7.26. The van der Waals surface area contributed by atoms with Crippen LogP contribution in [0.1, 0.15) is 11.1 Å². The lowest BCUT2D eigenvalue weighted by Crippen LogP contribution is -2.12. The average molecular weight is 681 g/mol. The minimum Gasteiger partial charge on any atom is -0.455 e. The summed E-state index contributed by atoms with van der Waals surface area (Å²) in [5, 5.41) is 4.65. The summed E-state index contributed by atoms with van der Waals surface area (Å²) < 4.78 is 9.34. The molecular weight excluding hydrogens is 645 g/mol. The van der Waals surface area contributed by atoms with E-state index in [0.29, 0.717) is 0 Å². The van der Waals surface area contributed by atoms with Crippen LogP contribution in [0.4, 0.5) is 17.1 Å². The maximum absolute atomic E-state index is 6.94. The third-order valence-corrected chi connectivity index (χ3v) is 10.7. The van der Waals surface area contributed by atoms with Crippen LogP contribution in [0.3, 0.4) is 0 Å². The van der Waals surface area contributed by atoms with Gasteiger partial charge >= 0.3 is 0 Å². The number of aromatic nitrogens is 1.